The molecule has 0 unspecified atom stereocenters. The largest absolute Gasteiger partial charge is 0.309 e. The van der Waals surface area contributed by atoms with Gasteiger partial charge in [0.25, 0.3) is 0 Å². The van der Waals surface area contributed by atoms with Crippen molar-refractivity contribution in [3.8, 4) is 11.4 Å². The maximum Gasteiger partial charge on any atom is 0.131 e. The van der Waals surface area contributed by atoms with E-state index in [-0.39, 0.29) is 0 Å². The molecule has 0 aliphatic carbocycles. The van der Waals surface area contributed by atoms with Gasteiger partial charge in [-0.1, -0.05) is 103 Å². The molecule has 0 bridgehead atoms. The summed E-state index contributed by atoms with van der Waals surface area (Å²) in [4.78, 5) is 0. The number of aromatic nitrogens is 3. The fraction of sp³-hybridized carbons (Fsp3) is 0. The fourth-order valence-electron chi connectivity index (χ4n) is 8.18. The second-order valence-corrected chi connectivity index (χ2v) is 12.2. The van der Waals surface area contributed by atoms with E-state index in [9.17, 15) is 0 Å². The fourth-order valence-corrected chi connectivity index (χ4v) is 8.18. The van der Waals surface area contributed by atoms with E-state index in [2.05, 4.69) is 165 Å². The van der Waals surface area contributed by atoms with Crippen LogP contribution >= 0.6 is 0 Å². The second kappa shape index (κ2) is 8.31. The molecule has 45 heavy (non-hydrogen) atoms. The number of hydrogen-bond acceptors (Lipinski definition) is 0. The van der Waals surface area contributed by atoms with Gasteiger partial charge < -0.3 is 4.57 Å². The van der Waals surface area contributed by atoms with E-state index in [1.807, 2.05) is 0 Å². The van der Waals surface area contributed by atoms with Crippen molar-refractivity contribution in [2.45, 2.75) is 0 Å². The zero-order valence-electron chi connectivity index (χ0n) is 24.3. The summed E-state index contributed by atoms with van der Waals surface area (Å²) in [6, 6.07) is 55.6. The number of fused-ring (bicyclic) bond motifs is 11. The lowest BCUT2D eigenvalue weighted by molar-refractivity contribution is 1.12. The predicted octanol–water partition coefficient (Wildman–Crippen LogP) is 11.0. The van der Waals surface area contributed by atoms with Crippen LogP contribution in [0.15, 0.2) is 152 Å². The van der Waals surface area contributed by atoms with Gasteiger partial charge in [0.1, 0.15) is 5.65 Å². The molecule has 0 spiro atoms. The summed E-state index contributed by atoms with van der Waals surface area (Å²) >= 11 is 0. The molecule has 0 aliphatic rings. The Labute approximate surface area is 257 Å². The molecule has 0 aliphatic heterocycles. The van der Waals surface area contributed by atoms with Crippen LogP contribution in [0.1, 0.15) is 0 Å². The normalized spacial score (nSPS) is 12.4. The number of rotatable bonds is 2. The summed E-state index contributed by atoms with van der Waals surface area (Å²) in [5.41, 5.74) is 9.71. The Kier molecular flexibility index (Phi) is 4.32. The van der Waals surface area contributed by atoms with Crippen molar-refractivity contribution in [1.82, 2.24) is 13.5 Å². The van der Waals surface area contributed by atoms with Gasteiger partial charge in [-0.25, -0.2) is 0 Å². The van der Waals surface area contributed by atoms with E-state index >= 15 is 0 Å². The first-order valence-corrected chi connectivity index (χ1v) is 15.5. The van der Waals surface area contributed by atoms with Gasteiger partial charge in [0.15, 0.2) is 0 Å². The third-order valence-electron chi connectivity index (χ3n) is 9.94. The van der Waals surface area contributed by atoms with Crippen molar-refractivity contribution in [2.24, 2.45) is 0 Å². The van der Waals surface area contributed by atoms with Crippen LogP contribution in [0.25, 0.3) is 93.1 Å². The van der Waals surface area contributed by atoms with Gasteiger partial charge in [-0.15, -0.1) is 0 Å². The quantitative estimate of drug-likeness (QED) is 0.196. The zero-order chi connectivity index (χ0) is 29.2. The molecule has 0 saturated heterocycles. The lowest BCUT2D eigenvalue weighted by Crippen LogP contribution is -2.00. The predicted molar refractivity (Wildman–Crippen MR) is 190 cm³/mol. The van der Waals surface area contributed by atoms with Crippen LogP contribution in [0.5, 0.6) is 0 Å². The van der Waals surface area contributed by atoms with Crippen LogP contribution in [-0.4, -0.2) is 13.5 Å². The standard InChI is InChI=1S/C42H25N3/c1-2-12-27(13-3-1)43-35-18-7-5-15-30(35)34-25-28(22-24-38(34)43)44-37-20-9-6-16-32(37)40-33-17-10-11-26-21-23-31-29-14-4-8-19-36(29)45(42(40)44)41(31)39(26)33/h1-25H. The maximum absolute atomic E-state index is 2.53. The highest BCUT2D eigenvalue weighted by atomic mass is 15.1. The van der Waals surface area contributed by atoms with Gasteiger partial charge >= 0.3 is 0 Å². The average molecular weight is 572 g/mol. The summed E-state index contributed by atoms with van der Waals surface area (Å²) in [5.74, 6) is 0. The first-order valence-electron chi connectivity index (χ1n) is 15.5. The molecule has 7 aromatic carbocycles. The third-order valence-corrected chi connectivity index (χ3v) is 9.94. The van der Waals surface area contributed by atoms with Crippen molar-refractivity contribution < 1.29 is 0 Å². The van der Waals surface area contributed by atoms with Gasteiger partial charge in [0.2, 0.25) is 0 Å². The Balaban J connectivity index is 1.37. The summed E-state index contributed by atoms with van der Waals surface area (Å²) in [5, 5.41) is 11.6. The molecule has 0 fully saturated rings. The second-order valence-electron chi connectivity index (χ2n) is 12.2. The molecule has 0 atom stereocenters. The minimum Gasteiger partial charge on any atom is -0.309 e. The van der Waals surface area contributed by atoms with Crippen LogP contribution in [0.3, 0.4) is 0 Å². The highest BCUT2D eigenvalue weighted by Crippen LogP contribution is 2.45. The van der Waals surface area contributed by atoms with E-state index in [0.717, 1.165) is 5.69 Å². The van der Waals surface area contributed by atoms with Gasteiger partial charge in [-0.3, -0.25) is 8.97 Å². The van der Waals surface area contributed by atoms with Crippen LogP contribution in [0.2, 0.25) is 0 Å². The average Bonchev–Trinajstić information content (AvgIpc) is 3.74. The SMILES string of the molecule is c1ccc(-n2c3ccccc3c3cc(-n4c5ccccc5c5c6cccc7ccc8c9ccccc9n(c8c76)c54)ccc32)cc1. The molecule has 208 valence electrons. The Hall–Kier alpha value is -6.06. The molecular formula is C42H25N3. The van der Waals surface area contributed by atoms with Gasteiger partial charge in [-0.2, -0.15) is 0 Å². The molecule has 11 aromatic rings. The van der Waals surface area contributed by atoms with Crippen molar-refractivity contribution in [2.75, 3.05) is 0 Å². The summed E-state index contributed by atoms with van der Waals surface area (Å²) in [7, 11) is 0. The first-order chi connectivity index (χ1) is 22.4. The smallest absolute Gasteiger partial charge is 0.131 e. The third kappa shape index (κ3) is 2.86. The van der Waals surface area contributed by atoms with E-state index < -0.39 is 0 Å². The monoisotopic (exact) mass is 571 g/mol. The first kappa shape index (κ1) is 23.4. The maximum atomic E-state index is 2.53. The van der Waals surface area contributed by atoms with E-state index in [1.165, 1.54) is 87.4 Å². The molecule has 0 amide bonds. The Morgan fingerprint density at radius 2 is 0.978 bits per heavy atom. The van der Waals surface area contributed by atoms with Crippen LogP contribution in [-0.2, 0) is 0 Å². The number of nitrogens with zero attached hydrogens (tertiary/aromatic N) is 3. The van der Waals surface area contributed by atoms with E-state index in [4.69, 9.17) is 0 Å². The molecule has 0 saturated carbocycles. The Morgan fingerprint density at radius 1 is 0.333 bits per heavy atom. The molecule has 11 rings (SSSR count). The number of pyridine rings is 1. The van der Waals surface area contributed by atoms with Gasteiger partial charge in [0, 0.05) is 49.1 Å². The molecule has 3 heteroatoms. The number of para-hydroxylation sites is 4. The minimum atomic E-state index is 1.16. The molecular weight excluding hydrogens is 546 g/mol. The Bertz CT molecular complexity index is 2970. The molecule has 0 N–H and O–H groups in total. The lowest BCUT2D eigenvalue weighted by atomic mass is 9.99. The highest BCUT2D eigenvalue weighted by Gasteiger charge is 2.24. The molecule has 4 heterocycles. The number of hydrogen-bond donors (Lipinski definition) is 0. The van der Waals surface area contributed by atoms with Gasteiger partial charge in [0.05, 0.1) is 27.6 Å². The summed E-state index contributed by atoms with van der Waals surface area (Å²) in [6.07, 6.45) is 0. The van der Waals surface area contributed by atoms with Crippen molar-refractivity contribution in [3.05, 3.63) is 152 Å². The lowest BCUT2D eigenvalue weighted by Gasteiger charge is -2.14. The number of benzene rings is 7. The van der Waals surface area contributed by atoms with Crippen LogP contribution < -0.4 is 0 Å². The molecule has 0 radical (unpaired) electrons. The van der Waals surface area contributed by atoms with Gasteiger partial charge in [-0.05, 0) is 59.3 Å². The Morgan fingerprint density at radius 3 is 1.80 bits per heavy atom. The minimum absolute atomic E-state index is 1.16. The van der Waals surface area contributed by atoms with Crippen molar-refractivity contribution >= 4 is 81.7 Å². The highest BCUT2D eigenvalue weighted by molar-refractivity contribution is 6.32. The summed E-state index contributed by atoms with van der Waals surface area (Å²) in [6.45, 7) is 0. The van der Waals surface area contributed by atoms with E-state index in [0.29, 0.717) is 0 Å². The van der Waals surface area contributed by atoms with Crippen molar-refractivity contribution in [1.29, 1.82) is 0 Å². The van der Waals surface area contributed by atoms with Crippen molar-refractivity contribution in [3.63, 3.8) is 0 Å². The topological polar surface area (TPSA) is 14.3 Å². The summed E-state index contributed by atoms with van der Waals surface area (Å²) < 4.78 is 7.42. The van der Waals surface area contributed by atoms with E-state index in [1.54, 1.807) is 0 Å². The van der Waals surface area contributed by atoms with Crippen LogP contribution in [0, 0.1) is 0 Å². The molecule has 4 aromatic heterocycles. The molecule has 3 nitrogen and oxygen atoms in total. The van der Waals surface area contributed by atoms with Crippen LogP contribution in [0.4, 0.5) is 0 Å². The zero-order valence-corrected chi connectivity index (χ0v) is 24.3.